The standard InChI is InChI=1S/C19H14N2O3S/c1-3-12-21-15-6-4-5-7-16(15)25-19(21)20-17(22)13-8-10-14(11-9-13)18(23)24-2/h1,4-11H,12H2,2H3. The maximum atomic E-state index is 12.5. The molecule has 1 heterocycles. The van der Waals surface area contributed by atoms with Crippen molar-refractivity contribution in [1.82, 2.24) is 4.57 Å². The number of benzene rings is 2. The number of hydrogen-bond donors (Lipinski definition) is 0. The van der Waals surface area contributed by atoms with Crippen molar-refractivity contribution >= 4 is 33.4 Å². The fourth-order valence-corrected chi connectivity index (χ4v) is 3.40. The van der Waals surface area contributed by atoms with Crippen molar-refractivity contribution in [2.45, 2.75) is 6.54 Å². The molecule has 0 fully saturated rings. The van der Waals surface area contributed by atoms with Crippen LogP contribution in [0.4, 0.5) is 0 Å². The Hall–Kier alpha value is -3.17. The Morgan fingerprint density at radius 2 is 1.84 bits per heavy atom. The molecule has 0 saturated heterocycles. The van der Waals surface area contributed by atoms with Gasteiger partial charge >= 0.3 is 5.97 Å². The molecule has 0 saturated carbocycles. The molecule has 0 atom stereocenters. The van der Waals surface area contributed by atoms with Crippen LogP contribution in [-0.2, 0) is 11.3 Å². The van der Waals surface area contributed by atoms with Crippen LogP contribution in [0.2, 0.25) is 0 Å². The van der Waals surface area contributed by atoms with Crippen LogP contribution in [0.25, 0.3) is 10.2 Å². The molecule has 0 spiro atoms. The van der Waals surface area contributed by atoms with Gasteiger partial charge in [-0.2, -0.15) is 4.99 Å². The molecule has 6 heteroatoms. The number of hydrogen-bond acceptors (Lipinski definition) is 4. The van der Waals surface area contributed by atoms with Crippen molar-refractivity contribution in [3.63, 3.8) is 0 Å². The van der Waals surface area contributed by atoms with Gasteiger partial charge in [0.25, 0.3) is 5.91 Å². The van der Waals surface area contributed by atoms with Gasteiger partial charge in [-0.1, -0.05) is 29.4 Å². The number of para-hydroxylation sites is 1. The second-order valence-electron chi connectivity index (χ2n) is 5.13. The van der Waals surface area contributed by atoms with Crippen LogP contribution in [0, 0.1) is 12.3 Å². The molecule has 124 valence electrons. The predicted octanol–water partition coefficient (Wildman–Crippen LogP) is 2.86. The Labute approximate surface area is 148 Å². The summed E-state index contributed by atoms with van der Waals surface area (Å²) in [4.78, 5) is 28.7. The molecule has 3 rings (SSSR count). The number of fused-ring (bicyclic) bond motifs is 1. The largest absolute Gasteiger partial charge is 0.465 e. The molecule has 0 radical (unpaired) electrons. The normalized spacial score (nSPS) is 11.3. The molecule has 0 unspecified atom stereocenters. The maximum absolute atomic E-state index is 12.5. The van der Waals surface area contributed by atoms with Crippen molar-refractivity contribution in [1.29, 1.82) is 0 Å². The van der Waals surface area contributed by atoms with E-state index in [0.717, 1.165) is 10.2 Å². The molecule has 0 bridgehead atoms. The smallest absolute Gasteiger partial charge is 0.337 e. The third kappa shape index (κ3) is 3.37. The second kappa shape index (κ2) is 7.16. The van der Waals surface area contributed by atoms with E-state index in [9.17, 15) is 9.59 Å². The molecule has 1 aromatic heterocycles. The molecule has 5 nitrogen and oxygen atoms in total. The van der Waals surface area contributed by atoms with E-state index in [4.69, 9.17) is 6.42 Å². The van der Waals surface area contributed by atoms with Crippen LogP contribution in [0.15, 0.2) is 53.5 Å². The summed E-state index contributed by atoms with van der Waals surface area (Å²) in [7, 11) is 1.31. The SMILES string of the molecule is C#CCn1c(=NC(=O)c2ccc(C(=O)OC)cc2)sc2ccccc21. The van der Waals surface area contributed by atoms with Crippen LogP contribution < -0.4 is 4.80 Å². The van der Waals surface area contributed by atoms with E-state index in [1.54, 1.807) is 12.1 Å². The first-order valence-electron chi connectivity index (χ1n) is 7.43. The van der Waals surface area contributed by atoms with Gasteiger partial charge in [-0.15, -0.1) is 6.42 Å². The van der Waals surface area contributed by atoms with E-state index in [1.807, 2.05) is 28.8 Å². The quantitative estimate of drug-likeness (QED) is 0.539. The molecule has 0 aliphatic rings. The lowest BCUT2D eigenvalue weighted by atomic mass is 10.1. The van der Waals surface area contributed by atoms with E-state index in [2.05, 4.69) is 15.6 Å². The van der Waals surface area contributed by atoms with E-state index >= 15 is 0 Å². The first-order chi connectivity index (χ1) is 12.1. The monoisotopic (exact) mass is 350 g/mol. The third-order valence-electron chi connectivity index (χ3n) is 3.59. The van der Waals surface area contributed by atoms with Crippen LogP contribution in [0.1, 0.15) is 20.7 Å². The average molecular weight is 350 g/mol. The van der Waals surface area contributed by atoms with Gasteiger partial charge in [0.15, 0.2) is 4.80 Å². The highest BCUT2D eigenvalue weighted by molar-refractivity contribution is 7.16. The van der Waals surface area contributed by atoms with E-state index in [1.165, 1.54) is 30.6 Å². The average Bonchev–Trinajstić information content (AvgIpc) is 2.99. The first-order valence-corrected chi connectivity index (χ1v) is 8.25. The number of thiazole rings is 1. The molecular weight excluding hydrogens is 336 g/mol. The summed E-state index contributed by atoms with van der Waals surface area (Å²) in [5.41, 5.74) is 1.71. The number of nitrogens with zero attached hydrogens (tertiary/aromatic N) is 2. The van der Waals surface area contributed by atoms with Crippen LogP contribution in [0.3, 0.4) is 0 Å². The Balaban J connectivity index is 2.01. The molecule has 0 N–H and O–H groups in total. The molecule has 3 aromatic rings. The van der Waals surface area contributed by atoms with Crippen molar-refractivity contribution < 1.29 is 14.3 Å². The van der Waals surface area contributed by atoms with Crippen molar-refractivity contribution in [3.8, 4) is 12.3 Å². The van der Waals surface area contributed by atoms with Gasteiger partial charge in [0.1, 0.15) is 0 Å². The Morgan fingerprint density at radius 3 is 2.52 bits per heavy atom. The lowest BCUT2D eigenvalue weighted by Crippen LogP contribution is -2.16. The second-order valence-corrected chi connectivity index (χ2v) is 6.14. The zero-order valence-electron chi connectivity index (χ0n) is 13.4. The number of terminal acetylenes is 1. The highest BCUT2D eigenvalue weighted by Gasteiger charge is 2.10. The van der Waals surface area contributed by atoms with E-state index < -0.39 is 11.9 Å². The van der Waals surface area contributed by atoms with Gasteiger partial charge < -0.3 is 9.30 Å². The van der Waals surface area contributed by atoms with Gasteiger partial charge in [0.2, 0.25) is 0 Å². The number of carbonyl (C=O) groups excluding carboxylic acids is 2. The highest BCUT2D eigenvalue weighted by atomic mass is 32.1. The summed E-state index contributed by atoms with van der Waals surface area (Å²) in [6.07, 6.45) is 5.44. The highest BCUT2D eigenvalue weighted by Crippen LogP contribution is 2.16. The summed E-state index contributed by atoms with van der Waals surface area (Å²) in [5.74, 6) is 1.74. The first kappa shape index (κ1) is 16.7. The molecular formula is C19H14N2O3S. The van der Waals surface area contributed by atoms with Gasteiger partial charge in [0, 0.05) is 5.56 Å². The van der Waals surface area contributed by atoms with E-state index in [0.29, 0.717) is 22.5 Å². The maximum Gasteiger partial charge on any atom is 0.337 e. The summed E-state index contributed by atoms with van der Waals surface area (Å²) in [6.45, 7) is 0.331. The third-order valence-corrected chi connectivity index (χ3v) is 4.65. The van der Waals surface area contributed by atoms with Crippen LogP contribution in [-0.4, -0.2) is 23.6 Å². The lowest BCUT2D eigenvalue weighted by molar-refractivity contribution is 0.0600. The molecule has 25 heavy (non-hydrogen) atoms. The van der Waals surface area contributed by atoms with Gasteiger partial charge in [-0.05, 0) is 36.4 Å². The van der Waals surface area contributed by atoms with Gasteiger partial charge in [-0.25, -0.2) is 4.79 Å². The number of carbonyl (C=O) groups is 2. The van der Waals surface area contributed by atoms with Crippen molar-refractivity contribution in [2.75, 3.05) is 7.11 Å². The fourth-order valence-electron chi connectivity index (χ4n) is 2.37. The number of amides is 1. The molecule has 0 aliphatic carbocycles. The minimum atomic E-state index is -0.452. The number of esters is 1. The van der Waals surface area contributed by atoms with Crippen molar-refractivity contribution in [2.24, 2.45) is 4.99 Å². The minimum absolute atomic E-state index is 0.331. The molecule has 1 amide bonds. The summed E-state index contributed by atoms with van der Waals surface area (Å²) >= 11 is 1.40. The van der Waals surface area contributed by atoms with Crippen molar-refractivity contribution in [3.05, 3.63) is 64.5 Å². The van der Waals surface area contributed by atoms with Gasteiger partial charge in [-0.3, -0.25) is 4.79 Å². The molecule has 2 aromatic carbocycles. The van der Waals surface area contributed by atoms with E-state index in [-0.39, 0.29) is 0 Å². The topological polar surface area (TPSA) is 60.7 Å². The summed E-state index contributed by atoms with van der Waals surface area (Å²) < 4.78 is 7.48. The Bertz CT molecular complexity index is 1050. The zero-order chi connectivity index (χ0) is 17.8. The lowest BCUT2D eigenvalue weighted by Gasteiger charge is -2.01. The van der Waals surface area contributed by atoms with Crippen LogP contribution >= 0.6 is 11.3 Å². The summed E-state index contributed by atoms with van der Waals surface area (Å²) in [6, 6.07) is 13.9. The number of methoxy groups -OCH3 is 1. The summed E-state index contributed by atoms with van der Waals surface area (Å²) in [5, 5.41) is 0. The minimum Gasteiger partial charge on any atom is -0.465 e. The molecule has 0 aliphatic heterocycles. The van der Waals surface area contributed by atoms with Gasteiger partial charge in [0.05, 0.1) is 29.4 Å². The number of ether oxygens (including phenoxy) is 1. The number of aromatic nitrogens is 1. The zero-order valence-corrected chi connectivity index (χ0v) is 14.2. The Kier molecular flexibility index (Phi) is 4.78. The number of rotatable bonds is 3. The Morgan fingerprint density at radius 1 is 1.16 bits per heavy atom. The predicted molar refractivity (Wildman–Crippen MR) is 96.3 cm³/mol. The fraction of sp³-hybridized carbons (Fsp3) is 0.105. The van der Waals surface area contributed by atoms with Crippen LogP contribution in [0.5, 0.6) is 0 Å².